The third-order valence-electron chi connectivity index (χ3n) is 4.85. The van der Waals surface area contributed by atoms with Crippen LogP contribution < -0.4 is 5.56 Å². The van der Waals surface area contributed by atoms with E-state index in [0.717, 1.165) is 25.0 Å². The van der Waals surface area contributed by atoms with Gasteiger partial charge in [0, 0.05) is 24.8 Å². The van der Waals surface area contributed by atoms with Crippen LogP contribution in [-0.2, 0) is 11.3 Å². The van der Waals surface area contributed by atoms with Gasteiger partial charge in [0.2, 0.25) is 0 Å². The number of nitrogens with one attached hydrogen (secondary N) is 1. The van der Waals surface area contributed by atoms with Gasteiger partial charge in [0.1, 0.15) is 17.5 Å². The van der Waals surface area contributed by atoms with Crippen molar-refractivity contribution in [2.75, 3.05) is 13.2 Å². The molecule has 1 atom stereocenters. The van der Waals surface area contributed by atoms with Gasteiger partial charge in [0.05, 0.1) is 23.6 Å². The van der Waals surface area contributed by atoms with Crippen molar-refractivity contribution >= 4 is 16.8 Å². The number of halogens is 2. The molecule has 1 aromatic heterocycles. The summed E-state index contributed by atoms with van der Waals surface area (Å²) in [6, 6.07) is 9.57. The first-order chi connectivity index (χ1) is 14.0. The lowest BCUT2D eigenvalue weighted by molar-refractivity contribution is 0.0500. The van der Waals surface area contributed by atoms with Crippen molar-refractivity contribution in [3.8, 4) is 0 Å². The molecule has 0 bridgehead atoms. The van der Waals surface area contributed by atoms with Gasteiger partial charge < -0.3 is 14.6 Å². The summed E-state index contributed by atoms with van der Waals surface area (Å²) >= 11 is 0. The maximum atomic E-state index is 13.6. The second kappa shape index (κ2) is 8.08. The fourth-order valence-corrected chi connectivity index (χ4v) is 3.50. The molecule has 0 spiro atoms. The lowest BCUT2D eigenvalue weighted by atomic mass is 10.1. The molecule has 4 rings (SSSR count). The van der Waals surface area contributed by atoms with Gasteiger partial charge in [-0.2, -0.15) is 0 Å². The summed E-state index contributed by atoms with van der Waals surface area (Å²) < 4.78 is 32.8. The molecule has 6 nitrogen and oxygen atoms in total. The Kier molecular flexibility index (Phi) is 5.35. The van der Waals surface area contributed by atoms with E-state index in [4.69, 9.17) is 4.74 Å². The summed E-state index contributed by atoms with van der Waals surface area (Å²) in [5, 5.41) is 0.445. The van der Waals surface area contributed by atoms with Crippen LogP contribution in [0.1, 0.15) is 29.0 Å². The van der Waals surface area contributed by atoms with Gasteiger partial charge in [0.25, 0.3) is 11.5 Å². The number of carbonyl (C=O) groups excluding carboxylic acids is 1. The van der Waals surface area contributed by atoms with Crippen LogP contribution in [0, 0.1) is 11.6 Å². The lowest BCUT2D eigenvalue weighted by Gasteiger charge is -2.25. The van der Waals surface area contributed by atoms with Crippen LogP contribution in [0.25, 0.3) is 10.9 Å². The number of ether oxygens (including phenoxy) is 1. The molecule has 0 radical (unpaired) electrons. The molecule has 1 fully saturated rings. The predicted octanol–water partition coefficient (Wildman–Crippen LogP) is 3.02. The van der Waals surface area contributed by atoms with Crippen LogP contribution in [0.2, 0.25) is 0 Å². The number of benzene rings is 2. The van der Waals surface area contributed by atoms with E-state index in [0.29, 0.717) is 23.6 Å². The molecule has 2 aromatic carbocycles. The number of aromatic nitrogens is 2. The number of H-pyrrole nitrogens is 1. The molecular formula is C21H19F2N3O3. The second-order valence-corrected chi connectivity index (χ2v) is 7.01. The lowest BCUT2D eigenvalue weighted by Crippen LogP contribution is -2.38. The number of carbonyl (C=O) groups is 1. The fourth-order valence-electron chi connectivity index (χ4n) is 3.50. The van der Waals surface area contributed by atoms with Crippen LogP contribution in [-0.4, -0.2) is 40.0 Å². The van der Waals surface area contributed by atoms with Crippen molar-refractivity contribution in [2.24, 2.45) is 0 Å². The van der Waals surface area contributed by atoms with Gasteiger partial charge in [-0.1, -0.05) is 12.1 Å². The average molecular weight is 399 g/mol. The summed E-state index contributed by atoms with van der Waals surface area (Å²) in [4.78, 5) is 33.8. The molecular weight excluding hydrogens is 380 g/mol. The number of aromatic amines is 1. The molecule has 0 aliphatic carbocycles. The van der Waals surface area contributed by atoms with Crippen LogP contribution >= 0.6 is 0 Å². The second-order valence-electron chi connectivity index (χ2n) is 7.01. The number of para-hydroxylation sites is 1. The highest BCUT2D eigenvalue weighted by molar-refractivity contribution is 5.94. The summed E-state index contributed by atoms with van der Waals surface area (Å²) in [6.45, 7) is 0.816. The maximum absolute atomic E-state index is 13.6. The van der Waals surface area contributed by atoms with Crippen molar-refractivity contribution in [3.63, 3.8) is 0 Å². The van der Waals surface area contributed by atoms with Crippen LogP contribution in [0.15, 0.2) is 47.3 Å². The Morgan fingerprint density at radius 3 is 2.69 bits per heavy atom. The first-order valence-corrected chi connectivity index (χ1v) is 9.34. The highest BCUT2D eigenvalue weighted by atomic mass is 19.1. The topological polar surface area (TPSA) is 75.3 Å². The Balaban J connectivity index is 1.66. The SMILES string of the molecule is O=C(c1cc(F)cc(F)c1)N(Cc1nc2ccccc2c(=O)[nH]1)CC1CCCO1. The van der Waals surface area contributed by atoms with E-state index >= 15 is 0 Å². The van der Waals surface area contributed by atoms with Crippen molar-refractivity contribution in [2.45, 2.75) is 25.5 Å². The molecule has 0 saturated carbocycles. The van der Waals surface area contributed by atoms with Gasteiger partial charge in [-0.25, -0.2) is 13.8 Å². The van der Waals surface area contributed by atoms with Gasteiger partial charge in [-0.3, -0.25) is 9.59 Å². The normalized spacial score (nSPS) is 16.3. The molecule has 1 aliphatic rings. The van der Waals surface area contributed by atoms with Gasteiger partial charge in [0.15, 0.2) is 0 Å². The summed E-state index contributed by atoms with van der Waals surface area (Å²) in [6.07, 6.45) is 1.49. The average Bonchev–Trinajstić information content (AvgIpc) is 3.19. The van der Waals surface area contributed by atoms with E-state index in [1.165, 1.54) is 4.90 Å². The predicted molar refractivity (Wildman–Crippen MR) is 102 cm³/mol. The smallest absolute Gasteiger partial charge is 0.258 e. The molecule has 150 valence electrons. The quantitative estimate of drug-likeness (QED) is 0.716. The third kappa shape index (κ3) is 4.32. The first-order valence-electron chi connectivity index (χ1n) is 9.34. The summed E-state index contributed by atoms with van der Waals surface area (Å²) in [5.74, 6) is -1.93. The zero-order chi connectivity index (χ0) is 20.4. The van der Waals surface area contributed by atoms with E-state index in [1.54, 1.807) is 24.3 Å². The zero-order valence-electron chi connectivity index (χ0n) is 15.5. The van der Waals surface area contributed by atoms with Gasteiger partial charge in [-0.15, -0.1) is 0 Å². The minimum absolute atomic E-state index is 0.0170. The van der Waals surface area contributed by atoms with Gasteiger partial charge in [-0.05, 0) is 37.1 Å². The first kappa shape index (κ1) is 19.2. The molecule has 2 heterocycles. The monoisotopic (exact) mass is 399 g/mol. The number of amides is 1. The third-order valence-corrected chi connectivity index (χ3v) is 4.85. The minimum Gasteiger partial charge on any atom is -0.376 e. The number of hydrogen-bond acceptors (Lipinski definition) is 4. The Labute approximate surface area is 165 Å². The Hall–Kier alpha value is -3.13. The number of rotatable bonds is 5. The Morgan fingerprint density at radius 1 is 1.21 bits per heavy atom. The van der Waals surface area contributed by atoms with E-state index < -0.39 is 17.5 Å². The highest BCUT2D eigenvalue weighted by Crippen LogP contribution is 2.18. The molecule has 8 heteroatoms. The standard InChI is InChI=1S/C21H19F2N3O3/c22-14-8-13(9-15(23)10-14)21(28)26(11-16-4-3-7-29-16)12-19-24-18-6-2-1-5-17(18)20(27)25-19/h1-2,5-6,8-10,16H,3-4,7,11-12H2,(H,24,25,27). The summed E-state index contributed by atoms with van der Waals surface area (Å²) in [7, 11) is 0. The molecule has 1 amide bonds. The molecule has 1 N–H and O–H groups in total. The van der Waals surface area contributed by atoms with Crippen molar-refractivity contribution in [1.29, 1.82) is 0 Å². The summed E-state index contributed by atoms with van der Waals surface area (Å²) in [5.41, 5.74) is 0.0862. The van der Waals surface area contributed by atoms with E-state index in [-0.39, 0.29) is 36.1 Å². The van der Waals surface area contributed by atoms with Crippen molar-refractivity contribution in [3.05, 3.63) is 75.8 Å². The maximum Gasteiger partial charge on any atom is 0.258 e. The van der Waals surface area contributed by atoms with Crippen LogP contribution in [0.4, 0.5) is 8.78 Å². The largest absolute Gasteiger partial charge is 0.376 e. The van der Waals surface area contributed by atoms with E-state index in [1.807, 2.05) is 0 Å². The van der Waals surface area contributed by atoms with Crippen LogP contribution in [0.3, 0.4) is 0 Å². The number of hydrogen-bond donors (Lipinski definition) is 1. The van der Waals surface area contributed by atoms with E-state index in [9.17, 15) is 18.4 Å². The van der Waals surface area contributed by atoms with Crippen molar-refractivity contribution < 1.29 is 18.3 Å². The molecule has 1 unspecified atom stereocenters. The highest BCUT2D eigenvalue weighted by Gasteiger charge is 2.25. The number of fused-ring (bicyclic) bond motifs is 1. The number of nitrogens with zero attached hydrogens (tertiary/aromatic N) is 2. The molecule has 1 aliphatic heterocycles. The molecule has 3 aromatic rings. The fraction of sp³-hybridized carbons (Fsp3) is 0.286. The van der Waals surface area contributed by atoms with Crippen LogP contribution in [0.5, 0.6) is 0 Å². The molecule has 1 saturated heterocycles. The minimum atomic E-state index is -0.831. The Morgan fingerprint density at radius 2 is 1.97 bits per heavy atom. The zero-order valence-corrected chi connectivity index (χ0v) is 15.5. The van der Waals surface area contributed by atoms with E-state index in [2.05, 4.69) is 9.97 Å². The Bertz CT molecular complexity index is 1090. The van der Waals surface area contributed by atoms with Crippen molar-refractivity contribution in [1.82, 2.24) is 14.9 Å². The molecule has 29 heavy (non-hydrogen) atoms. The van der Waals surface area contributed by atoms with Gasteiger partial charge >= 0.3 is 0 Å².